The maximum absolute atomic E-state index is 12.8. The van der Waals surface area contributed by atoms with Crippen LogP contribution < -0.4 is 5.32 Å². The largest absolute Gasteiger partial charge is 0.352 e. The number of aromatic nitrogens is 3. The van der Waals surface area contributed by atoms with E-state index < -0.39 is 6.67 Å². The molecule has 5 nitrogen and oxygen atoms in total. The molecule has 0 aromatic carbocycles. The Morgan fingerprint density at radius 1 is 1.47 bits per heavy atom. The van der Waals surface area contributed by atoms with Crippen molar-refractivity contribution in [1.29, 1.82) is 0 Å². The molecule has 0 fully saturated rings. The summed E-state index contributed by atoms with van der Waals surface area (Å²) in [4.78, 5) is 19.9. The maximum atomic E-state index is 12.8. The molecule has 0 radical (unpaired) electrons. The van der Waals surface area contributed by atoms with Gasteiger partial charge in [-0.05, 0) is 12.1 Å². The van der Waals surface area contributed by atoms with Gasteiger partial charge in [0.05, 0.1) is 23.5 Å². The molecule has 2 aromatic rings. The van der Waals surface area contributed by atoms with Crippen molar-refractivity contribution in [2.45, 2.75) is 13.0 Å². The Morgan fingerprint density at radius 3 is 3.11 bits per heavy atom. The summed E-state index contributed by atoms with van der Waals surface area (Å²) in [5.41, 5.74) is 2.97. The Bertz CT molecular complexity index is 609. The molecule has 0 saturated heterocycles. The normalized spacial score (nSPS) is 14.1. The lowest BCUT2D eigenvalue weighted by atomic mass is 10.1. The van der Waals surface area contributed by atoms with Crippen molar-refractivity contribution in [3.63, 3.8) is 0 Å². The van der Waals surface area contributed by atoms with Crippen LogP contribution in [-0.2, 0) is 13.0 Å². The molecule has 1 N–H and O–H groups in total. The number of carbonyl (C=O) groups excluding carboxylic acids is 1. The first kappa shape index (κ1) is 11.8. The Balaban J connectivity index is 2.16. The predicted octanol–water partition coefficient (Wildman–Crippen LogP) is 1.20. The molecule has 0 unspecified atom stereocenters. The van der Waals surface area contributed by atoms with Gasteiger partial charge in [-0.1, -0.05) is 0 Å². The minimum Gasteiger partial charge on any atom is -0.352 e. The zero-order valence-corrected chi connectivity index (χ0v) is 10.3. The van der Waals surface area contributed by atoms with E-state index in [1.165, 1.54) is 6.33 Å². The Hall–Kier alpha value is -2.24. The summed E-state index contributed by atoms with van der Waals surface area (Å²) in [6.45, 7) is 0.355. The zero-order valence-electron chi connectivity index (χ0n) is 10.3. The van der Waals surface area contributed by atoms with Crippen molar-refractivity contribution in [2.24, 2.45) is 0 Å². The molecule has 1 aliphatic heterocycles. The molecule has 3 heterocycles. The molecule has 0 atom stereocenters. The first-order valence-electron chi connectivity index (χ1n) is 6.14. The van der Waals surface area contributed by atoms with E-state index in [0.717, 1.165) is 11.4 Å². The summed E-state index contributed by atoms with van der Waals surface area (Å²) in [5, 5.41) is 2.79. The lowest BCUT2D eigenvalue weighted by Crippen LogP contribution is -2.32. The summed E-state index contributed by atoms with van der Waals surface area (Å²) in [5.74, 6) is -0.103. The van der Waals surface area contributed by atoms with E-state index in [0.29, 0.717) is 24.2 Å². The van der Waals surface area contributed by atoms with Crippen LogP contribution in [0.3, 0.4) is 0 Å². The number of nitrogens with one attached hydrogen (secondary N) is 1. The van der Waals surface area contributed by atoms with Crippen molar-refractivity contribution in [1.82, 2.24) is 19.9 Å². The Labute approximate surface area is 109 Å². The molecule has 0 spiro atoms. The minimum atomic E-state index is -0.471. The second-order valence-corrected chi connectivity index (χ2v) is 4.33. The molecule has 0 bridgehead atoms. The summed E-state index contributed by atoms with van der Waals surface area (Å²) < 4.78 is 14.6. The first-order valence-corrected chi connectivity index (χ1v) is 6.14. The summed E-state index contributed by atoms with van der Waals surface area (Å²) in [6, 6.07) is 3.54. The molecule has 1 amide bonds. The molecule has 0 aliphatic carbocycles. The first-order chi connectivity index (χ1) is 9.31. The van der Waals surface area contributed by atoms with Gasteiger partial charge in [0.15, 0.2) is 0 Å². The summed E-state index contributed by atoms with van der Waals surface area (Å²) >= 11 is 0. The van der Waals surface area contributed by atoms with Crippen LogP contribution in [0.25, 0.3) is 11.4 Å². The molecule has 1 aliphatic rings. The van der Waals surface area contributed by atoms with Gasteiger partial charge < -0.3 is 9.88 Å². The number of rotatable bonds is 3. The minimum absolute atomic E-state index is 0.103. The Kier molecular flexibility index (Phi) is 2.98. The average Bonchev–Trinajstić information content (AvgIpc) is 2.81. The number of halogens is 1. The third-order valence-corrected chi connectivity index (χ3v) is 3.25. The van der Waals surface area contributed by atoms with Crippen LogP contribution in [0, 0.1) is 0 Å². The maximum Gasteiger partial charge on any atom is 0.253 e. The second kappa shape index (κ2) is 4.79. The molecular weight excluding hydrogens is 247 g/mol. The summed E-state index contributed by atoms with van der Waals surface area (Å²) in [6.07, 6.45) is 3.79. The van der Waals surface area contributed by atoms with Gasteiger partial charge >= 0.3 is 0 Å². The number of hydrogen-bond acceptors (Lipinski definition) is 3. The molecule has 98 valence electrons. The number of amides is 1. The van der Waals surface area contributed by atoms with E-state index in [1.807, 2.05) is 4.57 Å². The highest BCUT2D eigenvalue weighted by molar-refractivity contribution is 5.97. The van der Waals surface area contributed by atoms with Crippen molar-refractivity contribution >= 4 is 5.91 Å². The molecule has 19 heavy (non-hydrogen) atoms. The fourth-order valence-electron chi connectivity index (χ4n) is 2.44. The molecule has 6 heteroatoms. The van der Waals surface area contributed by atoms with Gasteiger partial charge in [0, 0.05) is 24.9 Å². The lowest BCUT2D eigenvalue weighted by Gasteiger charge is -2.16. The van der Waals surface area contributed by atoms with Crippen LogP contribution in [0.1, 0.15) is 16.1 Å². The fourth-order valence-corrected chi connectivity index (χ4v) is 2.44. The van der Waals surface area contributed by atoms with Crippen molar-refractivity contribution in [3.05, 3.63) is 35.9 Å². The third kappa shape index (κ3) is 1.99. The van der Waals surface area contributed by atoms with Crippen LogP contribution in [0.15, 0.2) is 24.7 Å². The number of carbonyl (C=O) groups is 1. The van der Waals surface area contributed by atoms with Gasteiger partial charge in [0.25, 0.3) is 5.91 Å². The number of nitrogens with zero attached hydrogens (tertiary/aromatic N) is 3. The standard InChI is InChI=1S/C13H13FN4O/c14-3-6-18-11-2-5-16-13(19)9(11)7-12(18)10-1-4-15-8-17-10/h1,4,7-8H,2-3,5-6H2,(H,16,19). The van der Waals surface area contributed by atoms with E-state index in [4.69, 9.17) is 0 Å². The molecule has 0 saturated carbocycles. The smallest absolute Gasteiger partial charge is 0.253 e. The number of hydrogen-bond donors (Lipinski definition) is 1. The zero-order chi connectivity index (χ0) is 13.2. The van der Waals surface area contributed by atoms with Crippen molar-refractivity contribution in [2.75, 3.05) is 13.2 Å². The van der Waals surface area contributed by atoms with E-state index in [1.54, 1.807) is 18.3 Å². The molecule has 3 rings (SSSR count). The van der Waals surface area contributed by atoms with Gasteiger partial charge in [-0.2, -0.15) is 0 Å². The monoisotopic (exact) mass is 260 g/mol. The van der Waals surface area contributed by atoms with E-state index in [-0.39, 0.29) is 12.5 Å². The van der Waals surface area contributed by atoms with Crippen LogP contribution in [0.5, 0.6) is 0 Å². The van der Waals surface area contributed by atoms with Gasteiger partial charge in [-0.3, -0.25) is 4.79 Å². The predicted molar refractivity (Wildman–Crippen MR) is 67.5 cm³/mol. The number of alkyl halides is 1. The summed E-state index contributed by atoms with van der Waals surface area (Å²) in [7, 11) is 0. The van der Waals surface area contributed by atoms with Gasteiger partial charge in [0.2, 0.25) is 0 Å². The van der Waals surface area contributed by atoms with Crippen LogP contribution in [0.4, 0.5) is 4.39 Å². The molecule has 2 aromatic heterocycles. The highest BCUT2D eigenvalue weighted by atomic mass is 19.1. The van der Waals surface area contributed by atoms with E-state index in [2.05, 4.69) is 15.3 Å². The van der Waals surface area contributed by atoms with E-state index >= 15 is 0 Å². The van der Waals surface area contributed by atoms with Crippen molar-refractivity contribution < 1.29 is 9.18 Å². The highest BCUT2D eigenvalue weighted by Gasteiger charge is 2.24. The van der Waals surface area contributed by atoms with E-state index in [9.17, 15) is 9.18 Å². The SMILES string of the molecule is O=C1NCCc2c1cc(-c1ccncn1)n2CCF. The van der Waals surface area contributed by atoms with Crippen LogP contribution in [0.2, 0.25) is 0 Å². The van der Waals surface area contributed by atoms with Gasteiger partial charge in [-0.15, -0.1) is 0 Å². The number of fused-ring (bicyclic) bond motifs is 1. The van der Waals surface area contributed by atoms with Crippen LogP contribution >= 0.6 is 0 Å². The average molecular weight is 260 g/mol. The highest BCUT2D eigenvalue weighted by Crippen LogP contribution is 2.26. The lowest BCUT2D eigenvalue weighted by molar-refractivity contribution is 0.0945. The Morgan fingerprint density at radius 2 is 2.37 bits per heavy atom. The van der Waals surface area contributed by atoms with Gasteiger partial charge in [0.1, 0.15) is 13.0 Å². The third-order valence-electron chi connectivity index (χ3n) is 3.25. The second-order valence-electron chi connectivity index (χ2n) is 4.33. The topological polar surface area (TPSA) is 59.8 Å². The fraction of sp³-hybridized carbons (Fsp3) is 0.308. The van der Waals surface area contributed by atoms with Crippen molar-refractivity contribution in [3.8, 4) is 11.4 Å². The molecular formula is C13H13FN4O. The quantitative estimate of drug-likeness (QED) is 0.902. The van der Waals surface area contributed by atoms with Crippen LogP contribution in [-0.4, -0.2) is 33.7 Å². The van der Waals surface area contributed by atoms with Gasteiger partial charge in [-0.25, -0.2) is 14.4 Å².